The summed E-state index contributed by atoms with van der Waals surface area (Å²) in [7, 11) is 0. The Morgan fingerprint density at radius 1 is 1.04 bits per heavy atom. The molecule has 1 fully saturated rings. The zero-order chi connectivity index (χ0) is 19.7. The van der Waals surface area contributed by atoms with Gasteiger partial charge in [0.25, 0.3) is 11.8 Å². The monoisotopic (exact) mass is 394 g/mol. The third kappa shape index (κ3) is 4.12. The Labute approximate surface area is 166 Å². The third-order valence-corrected chi connectivity index (χ3v) is 5.73. The van der Waals surface area contributed by atoms with Gasteiger partial charge in [-0.25, -0.2) is 4.39 Å². The molecule has 1 aliphatic rings. The smallest absolute Gasteiger partial charge is 0.265 e. The summed E-state index contributed by atoms with van der Waals surface area (Å²) in [4.78, 5) is 26.3. The standard InChI is InChI=1S/C22H19FN2O2S/c1-13-5-6-15(21(26)24-17-7-8-17)12-18(13)25-22(27)20-10-9-19(28-20)14-3-2-4-16(23)11-14/h2-6,9-12,17H,7-8H2,1H3,(H,24,26)(H,25,27). The Morgan fingerprint density at radius 3 is 2.61 bits per heavy atom. The van der Waals surface area contributed by atoms with Gasteiger partial charge in [0.05, 0.1) is 4.88 Å². The van der Waals surface area contributed by atoms with Crippen LogP contribution in [0.4, 0.5) is 10.1 Å². The first-order valence-corrected chi connectivity index (χ1v) is 9.90. The predicted octanol–water partition coefficient (Wildman–Crippen LogP) is 5.01. The summed E-state index contributed by atoms with van der Waals surface area (Å²) in [5.74, 6) is -0.688. The minimum atomic E-state index is -0.311. The van der Waals surface area contributed by atoms with Crippen LogP contribution >= 0.6 is 11.3 Å². The second-order valence-electron chi connectivity index (χ2n) is 6.91. The number of nitrogens with one attached hydrogen (secondary N) is 2. The fraction of sp³-hybridized carbons (Fsp3) is 0.182. The van der Waals surface area contributed by atoms with Crippen molar-refractivity contribution in [2.24, 2.45) is 0 Å². The number of carbonyl (C=O) groups excluding carboxylic acids is 2. The Morgan fingerprint density at radius 2 is 1.86 bits per heavy atom. The predicted molar refractivity (Wildman–Crippen MR) is 109 cm³/mol. The molecule has 2 aromatic carbocycles. The minimum absolute atomic E-state index is 0.123. The van der Waals surface area contributed by atoms with Gasteiger partial charge in [0.15, 0.2) is 0 Å². The second kappa shape index (κ2) is 7.56. The van der Waals surface area contributed by atoms with Gasteiger partial charge < -0.3 is 10.6 Å². The molecule has 0 bridgehead atoms. The Balaban J connectivity index is 1.51. The lowest BCUT2D eigenvalue weighted by Gasteiger charge is -2.10. The maximum atomic E-state index is 13.4. The highest BCUT2D eigenvalue weighted by Gasteiger charge is 2.24. The van der Waals surface area contributed by atoms with Crippen LogP contribution < -0.4 is 10.6 Å². The number of thiophene rings is 1. The molecule has 4 nitrogen and oxygen atoms in total. The Kier molecular flexibility index (Phi) is 4.96. The molecule has 0 spiro atoms. The Bertz CT molecular complexity index is 1060. The molecule has 3 aromatic rings. The number of amides is 2. The van der Waals surface area contributed by atoms with Crippen LogP contribution in [0, 0.1) is 12.7 Å². The van der Waals surface area contributed by atoms with Gasteiger partial charge in [-0.3, -0.25) is 9.59 Å². The summed E-state index contributed by atoms with van der Waals surface area (Å²) in [6, 6.07) is 15.4. The first-order chi connectivity index (χ1) is 13.5. The largest absolute Gasteiger partial charge is 0.349 e. The van der Waals surface area contributed by atoms with E-state index in [-0.39, 0.29) is 23.7 Å². The van der Waals surface area contributed by atoms with Crippen molar-refractivity contribution in [1.82, 2.24) is 5.32 Å². The van der Waals surface area contributed by atoms with Gasteiger partial charge in [0, 0.05) is 22.2 Å². The molecule has 1 saturated carbocycles. The molecule has 0 radical (unpaired) electrons. The van der Waals surface area contributed by atoms with Crippen LogP contribution in [0.1, 0.15) is 38.4 Å². The van der Waals surface area contributed by atoms with E-state index in [0.29, 0.717) is 16.1 Å². The van der Waals surface area contributed by atoms with Gasteiger partial charge in [0.1, 0.15) is 5.82 Å². The van der Waals surface area contributed by atoms with Crippen molar-refractivity contribution in [1.29, 1.82) is 0 Å². The summed E-state index contributed by atoms with van der Waals surface area (Å²) in [6.45, 7) is 1.88. The van der Waals surface area contributed by atoms with Crippen molar-refractivity contribution in [3.63, 3.8) is 0 Å². The first kappa shape index (κ1) is 18.4. The molecule has 6 heteroatoms. The van der Waals surface area contributed by atoms with Crippen molar-refractivity contribution >= 4 is 28.8 Å². The number of carbonyl (C=O) groups is 2. The van der Waals surface area contributed by atoms with Crippen molar-refractivity contribution in [2.75, 3.05) is 5.32 Å². The van der Waals surface area contributed by atoms with E-state index in [1.54, 1.807) is 30.3 Å². The molecule has 4 rings (SSSR count). The van der Waals surface area contributed by atoms with E-state index in [9.17, 15) is 14.0 Å². The topological polar surface area (TPSA) is 58.2 Å². The molecule has 0 atom stereocenters. The quantitative estimate of drug-likeness (QED) is 0.639. The van der Waals surface area contributed by atoms with Crippen LogP contribution in [0.15, 0.2) is 54.6 Å². The van der Waals surface area contributed by atoms with E-state index in [4.69, 9.17) is 0 Å². The average Bonchev–Trinajstić information content (AvgIpc) is 3.34. The zero-order valence-corrected chi connectivity index (χ0v) is 16.1. The lowest BCUT2D eigenvalue weighted by molar-refractivity contribution is 0.0949. The van der Waals surface area contributed by atoms with Crippen LogP contribution in [0.3, 0.4) is 0 Å². The molecule has 0 aliphatic heterocycles. The van der Waals surface area contributed by atoms with E-state index in [0.717, 1.165) is 28.8 Å². The third-order valence-electron chi connectivity index (χ3n) is 4.60. The van der Waals surface area contributed by atoms with Crippen LogP contribution in [-0.4, -0.2) is 17.9 Å². The number of aryl methyl sites for hydroxylation is 1. The summed E-state index contributed by atoms with van der Waals surface area (Å²) in [6.07, 6.45) is 2.04. The van der Waals surface area contributed by atoms with Crippen molar-refractivity contribution in [3.05, 3.63) is 76.4 Å². The number of benzene rings is 2. The van der Waals surface area contributed by atoms with Crippen molar-refractivity contribution in [2.45, 2.75) is 25.8 Å². The van der Waals surface area contributed by atoms with E-state index >= 15 is 0 Å². The highest BCUT2D eigenvalue weighted by Crippen LogP contribution is 2.29. The molecule has 2 N–H and O–H groups in total. The van der Waals surface area contributed by atoms with Crippen molar-refractivity contribution < 1.29 is 14.0 Å². The number of halogens is 1. The van der Waals surface area contributed by atoms with Gasteiger partial charge in [0.2, 0.25) is 0 Å². The zero-order valence-electron chi connectivity index (χ0n) is 15.3. The van der Waals surface area contributed by atoms with E-state index in [1.807, 2.05) is 19.1 Å². The number of anilines is 1. The van der Waals surface area contributed by atoms with Crippen LogP contribution in [0.5, 0.6) is 0 Å². The molecule has 0 unspecified atom stereocenters. The van der Waals surface area contributed by atoms with Crippen LogP contribution in [0.2, 0.25) is 0 Å². The van der Waals surface area contributed by atoms with E-state index in [2.05, 4.69) is 10.6 Å². The minimum Gasteiger partial charge on any atom is -0.349 e. The van der Waals surface area contributed by atoms with Crippen molar-refractivity contribution in [3.8, 4) is 10.4 Å². The Hall–Kier alpha value is -2.99. The van der Waals surface area contributed by atoms with Gasteiger partial charge in [-0.15, -0.1) is 11.3 Å². The molecular formula is C22H19FN2O2S. The SMILES string of the molecule is Cc1ccc(C(=O)NC2CC2)cc1NC(=O)c1ccc(-c2cccc(F)c2)s1. The molecule has 1 heterocycles. The maximum Gasteiger partial charge on any atom is 0.265 e. The summed E-state index contributed by atoms with van der Waals surface area (Å²) >= 11 is 1.30. The second-order valence-corrected chi connectivity index (χ2v) is 7.99. The number of rotatable bonds is 5. The lowest BCUT2D eigenvalue weighted by Crippen LogP contribution is -2.25. The molecular weight excluding hydrogens is 375 g/mol. The molecule has 1 aliphatic carbocycles. The summed E-state index contributed by atoms with van der Waals surface area (Å²) in [5, 5.41) is 5.83. The van der Waals surface area contributed by atoms with Gasteiger partial charge in [-0.05, 0) is 67.3 Å². The number of hydrogen-bond donors (Lipinski definition) is 2. The fourth-order valence-electron chi connectivity index (χ4n) is 2.84. The maximum absolute atomic E-state index is 13.4. The van der Waals surface area contributed by atoms with Crippen LogP contribution in [0.25, 0.3) is 10.4 Å². The normalized spacial score (nSPS) is 13.2. The highest BCUT2D eigenvalue weighted by molar-refractivity contribution is 7.17. The fourth-order valence-corrected chi connectivity index (χ4v) is 3.73. The average molecular weight is 394 g/mol. The summed E-state index contributed by atoms with van der Waals surface area (Å²) in [5.41, 5.74) is 2.74. The molecule has 28 heavy (non-hydrogen) atoms. The molecule has 2 amide bonds. The van der Waals surface area contributed by atoms with Gasteiger partial charge in [-0.2, -0.15) is 0 Å². The first-order valence-electron chi connectivity index (χ1n) is 9.08. The molecule has 1 aromatic heterocycles. The highest BCUT2D eigenvalue weighted by atomic mass is 32.1. The van der Waals surface area contributed by atoms with E-state index < -0.39 is 0 Å². The molecule has 0 saturated heterocycles. The van der Waals surface area contributed by atoms with Gasteiger partial charge >= 0.3 is 0 Å². The lowest BCUT2D eigenvalue weighted by atomic mass is 10.1. The van der Waals surface area contributed by atoms with E-state index in [1.165, 1.54) is 23.5 Å². The van der Waals surface area contributed by atoms with Gasteiger partial charge in [-0.1, -0.05) is 18.2 Å². The summed E-state index contributed by atoms with van der Waals surface area (Å²) < 4.78 is 13.4. The number of hydrogen-bond acceptors (Lipinski definition) is 3. The van der Waals surface area contributed by atoms with Crippen LogP contribution in [-0.2, 0) is 0 Å². The molecule has 142 valence electrons.